The van der Waals surface area contributed by atoms with Crippen LogP contribution >= 0.6 is 0 Å². The molecule has 0 saturated carbocycles. The molecule has 2 nitrogen and oxygen atoms in total. The Kier molecular flexibility index (Phi) is 5.91. The van der Waals surface area contributed by atoms with Crippen molar-refractivity contribution in [3.63, 3.8) is 0 Å². The zero-order valence-corrected chi connectivity index (χ0v) is 11.9. The number of hydrogen-bond acceptors (Lipinski definition) is 1. The molecular formula is C17H20FNO. The zero-order chi connectivity index (χ0) is 15.1. The number of rotatable bonds is 6. The molecule has 0 aliphatic heterocycles. The number of carbonyl (C=O) groups excluding carboxylic acids is 1. The Morgan fingerprint density at radius 2 is 2.05 bits per heavy atom. The van der Waals surface area contributed by atoms with Crippen molar-refractivity contribution in [3.8, 4) is 0 Å². The summed E-state index contributed by atoms with van der Waals surface area (Å²) in [5.41, 5.74) is 7.89. The second kappa shape index (κ2) is 7.43. The SMILES string of the molecule is C=C(CCC(N)=O)c1ccc(C(/C=C\C)=C/C)c(F)c1. The van der Waals surface area contributed by atoms with E-state index in [1.54, 1.807) is 6.07 Å². The van der Waals surface area contributed by atoms with Crippen molar-refractivity contribution >= 4 is 17.1 Å². The van der Waals surface area contributed by atoms with Gasteiger partial charge < -0.3 is 5.73 Å². The quantitative estimate of drug-likeness (QED) is 0.780. The molecule has 0 fully saturated rings. The summed E-state index contributed by atoms with van der Waals surface area (Å²) < 4.78 is 14.2. The van der Waals surface area contributed by atoms with Crippen LogP contribution in [0.4, 0.5) is 4.39 Å². The maximum atomic E-state index is 14.2. The van der Waals surface area contributed by atoms with Crippen LogP contribution in [-0.2, 0) is 4.79 Å². The Morgan fingerprint density at radius 1 is 1.35 bits per heavy atom. The molecule has 1 amide bonds. The first-order valence-corrected chi connectivity index (χ1v) is 6.55. The van der Waals surface area contributed by atoms with Crippen molar-refractivity contribution in [2.24, 2.45) is 5.73 Å². The molecular weight excluding hydrogens is 253 g/mol. The van der Waals surface area contributed by atoms with Gasteiger partial charge in [0.25, 0.3) is 0 Å². The maximum absolute atomic E-state index is 14.2. The number of allylic oxidation sites excluding steroid dienone is 5. The molecule has 0 aromatic heterocycles. The van der Waals surface area contributed by atoms with Crippen molar-refractivity contribution in [2.75, 3.05) is 0 Å². The molecule has 0 aliphatic rings. The van der Waals surface area contributed by atoms with Gasteiger partial charge in [0.05, 0.1) is 0 Å². The van der Waals surface area contributed by atoms with E-state index in [1.807, 2.05) is 38.1 Å². The number of amides is 1. The van der Waals surface area contributed by atoms with E-state index in [4.69, 9.17) is 5.73 Å². The van der Waals surface area contributed by atoms with Crippen LogP contribution in [0.25, 0.3) is 11.1 Å². The largest absolute Gasteiger partial charge is 0.370 e. The highest BCUT2D eigenvalue weighted by Gasteiger charge is 2.08. The number of halogens is 1. The molecule has 20 heavy (non-hydrogen) atoms. The smallest absolute Gasteiger partial charge is 0.217 e. The van der Waals surface area contributed by atoms with E-state index in [2.05, 4.69) is 6.58 Å². The fraction of sp³-hybridized carbons (Fsp3) is 0.235. The summed E-state index contributed by atoms with van der Waals surface area (Å²) in [7, 11) is 0. The van der Waals surface area contributed by atoms with Crippen LogP contribution in [-0.4, -0.2) is 5.91 Å². The van der Waals surface area contributed by atoms with Crippen LogP contribution in [0.15, 0.2) is 43.0 Å². The van der Waals surface area contributed by atoms with Crippen LogP contribution in [0.5, 0.6) is 0 Å². The van der Waals surface area contributed by atoms with Crippen molar-refractivity contribution in [1.82, 2.24) is 0 Å². The highest BCUT2D eigenvalue weighted by Crippen LogP contribution is 2.25. The standard InChI is InChI=1S/C17H20FNO/c1-4-6-13(5-2)15-9-8-14(11-16(15)18)12(3)7-10-17(19)20/h4-6,8-9,11H,3,7,10H2,1-2H3,(H2,19,20)/b6-4-,13-5+. The molecule has 0 unspecified atom stereocenters. The molecule has 1 aromatic rings. The summed E-state index contributed by atoms with van der Waals surface area (Å²) in [4.78, 5) is 10.7. The predicted octanol–water partition coefficient (Wildman–Crippen LogP) is 4.08. The fourth-order valence-corrected chi connectivity index (χ4v) is 1.91. The van der Waals surface area contributed by atoms with Gasteiger partial charge in [0.1, 0.15) is 5.82 Å². The lowest BCUT2D eigenvalue weighted by molar-refractivity contribution is -0.117. The van der Waals surface area contributed by atoms with Gasteiger partial charge in [-0.25, -0.2) is 4.39 Å². The number of nitrogens with two attached hydrogens (primary N) is 1. The van der Waals surface area contributed by atoms with E-state index in [0.29, 0.717) is 23.1 Å². The molecule has 3 heteroatoms. The van der Waals surface area contributed by atoms with Crippen molar-refractivity contribution in [2.45, 2.75) is 26.7 Å². The van der Waals surface area contributed by atoms with Gasteiger partial charge in [-0.3, -0.25) is 4.79 Å². The lowest BCUT2D eigenvalue weighted by atomic mass is 9.97. The zero-order valence-electron chi connectivity index (χ0n) is 11.9. The first-order chi connectivity index (χ1) is 9.49. The van der Waals surface area contributed by atoms with Gasteiger partial charge in [-0.15, -0.1) is 0 Å². The normalized spacial score (nSPS) is 11.8. The molecule has 0 spiro atoms. The minimum absolute atomic E-state index is 0.223. The van der Waals surface area contributed by atoms with E-state index in [0.717, 1.165) is 5.57 Å². The minimum Gasteiger partial charge on any atom is -0.370 e. The summed E-state index contributed by atoms with van der Waals surface area (Å²) in [5.74, 6) is -0.679. The van der Waals surface area contributed by atoms with E-state index in [9.17, 15) is 9.18 Å². The highest BCUT2D eigenvalue weighted by molar-refractivity contribution is 5.78. The monoisotopic (exact) mass is 273 g/mol. The van der Waals surface area contributed by atoms with Gasteiger partial charge in [-0.2, -0.15) is 0 Å². The first kappa shape index (κ1) is 15.9. The van der Waals surface area contributed by atoms with Crippen molar-refractivity contribution in [3.05, 3.63) is 60.0 Å². The highest BCUT2D eigenvalue weighted by atomic mass is 19.1. The Bertz CT molecular complexity index is 570. The summed E-state index contributed by atoms with van der Waals surface area (Å²) in [6, 6.07) is 5.00. The molecule has 2 N–H and O–H groups in total. The van der Waals surface area contributed by atoms with Gasteiger partial charge in [0.2, 0.25) is 5.91 Å². The Morgan fingerprint density at radius 3 is 2.55 bits per heavy atom. The van der Waals surface area contributed by atoms with E-state index in [1.165, 1.54) is 6.07 Å². The number of benzene rings is 1. The first-order valence-electron chi connectivity index (χ1n) is 6.55. The number of primary amides is 1. The Balaban J connectivity index is 2.98. The summed E-state index contributed by atoms with van der Waals surface area (Å²) in [6.45, 7) is 7.63. The third kappa shape index (κ3) is 4.19. The van der Waals surface area contributed by atoms with Crippen molar-refractivity contribution < 1.29 is 9.18 Å². The van der Waals surface area contributed by atoms with E-state index < -0.39 is 0 Å². The molecule has 1 aromatic carbocycles. The lowest BCUT2D eigenvalue weighted by Crippen LogP contribution is -2.09. The topological polar surface area (TPSA) is 43.1 Å². The number of hydrogen-bond donors (Lipinski definition) is 1. The average Bonchev–Trinajstić information content (AvgIpc) is 2.42. The van der Waals surface area contributed by atoms with Crippen LogP contribution in [0.2, 0.25) is 0 Å². The molecule has 0 radical (unpaired) electrons. The Labute approximate surface area is 119 Å². The summed E-state index contributed by atoms with van der Waals surface area (Å²) >= 11 is 0. The van der Waals surface area contributed by atoms with Gasteiger partial charge in [-0.05, 0) is 43.0 Å². The number of carbonyl (C=O) groups is 1. The molecule has 1 rings (SSSR count). The van der Waals surface area contributed by atoms with Gasteiger partial charge in [-0.1, -0.05) is 36.9 Å². The third-order valence-corrected chi connectivity index (χ3v) is 3.02. The van der Waals surface area contributed by atoms with E-state index >= 15 is 0 Å². The predicted molar refractivity (Wildman–Crippen MR) is 82.3 cm³/mol. The van der Waals surface area contributed by atoms with Crippen LogP contribution in [0.3, 0.4) is 0 Å². The van der Waals surface area contributed by atoms with Gasteiger partial charge >= 0.3 is 0 Å². The van der Waals surface area contributed by atoms with Crippen LogP contribution in [0.1, 0.15) is 37.8 Å². The average molecular weight is 273 g/mol. The van der Waals surface area contributed by atoms with Gasteiger partial charge in [0.15, 0.2) is 0 Å². The molecule has 0 atom stereocenters. The second-order valence-corrected chi connectivity index (χ2v) is 4.51. The second-order valence-electron chi connectivity index (χ2n) is 4.51. The van der Waals surface area contributed by atoms with Crippen LogP contribution < -0.4 is 5.73 Å². The van der Waals surface area contributed by atoms with Gasteiger partial charge in [0, 0.05) is 12.0 Å². The fourth-order valence-electron chi connectivity index (χ4n) is 1.91. The molecule has 0 aliphatic carbocycles. The lowest BCUT2D eigenvalue weighted by Gasteiger charge is -2.09. The third-order valence-electron chi connectivity index (χ3n) is 3.02. The Hall–Kier alpha value is -2.16. The van der Waals surface area contributed by atoms with Crippen molar-refractivity contribution in [1.29, 1.82) is 0 Å². The molecule has 0 bridgehead atoms. The minimum atomic E-state index is -0.382. The van der Waals surface area contributed by atoms with Crippen LogP contribution in [0, 0.1) is 5.82 Å². The molecule has 0 saturated heterocycles. The molecule has 106 valence electrons. The summed E-state index contributed by atoms with van der Waals surface area (Å²) in [6.07, 6.45) is 6.26. The maximum Gasteiger partial charge on any atom is 0.217 e. The van der Waals surface area contributed by atoms with E-state index in [-0.39, 0.29) is 18.1 Å². The summed E-state index contributed by atoms with van der Waals surface area (Å²) in [5, 5.41) is 0. The molecule has 0 heterocycles.